The minimum atomic E-state index is -0.534. The summed E-state index contributed by atoms with van der Waals surface area (Å²) in [5, 5.41) is 1.10. The van der Waals surface area contributed by atoms with Crippen molar-refractivity contribution in [3.05, 3.63) is 42.1 Å². The van der Waals surface area contributed by atoms with Crippen LogP contribution in [-0.2, 0) is 16.0 Å². The zero-order chi connectivity index (χ0) is 13.3. The molecule has 1 aromatic heterocycles. The molecule has 0 spiro atoms. The third-order valence-electron chi connectivity index (χ3n) is 4.06. The number of rotatable bonds is 4. The number of hydrogen-bond acceptors (Lipinski definition) is 3. The number of ether oxygens (including phenoxy) is 1. The van der Waals surface area contributed by atoms with Gasteiger partial charge in [0.2, 0.25) is 0 Å². The summed E-state index contributed by atoms with van der Waals surface area (Å²) >= 11 is 0. The van der Waals surface area contributed by atoms with Gasteiger partial charge >= 0.3 is 0 Å². The van der Waals surface area contributed by atoms with Gasteiger partial charge in [0.05, 0.1) is 11.9 Å². The maximum absolute atomic E-state index is 12.3. The highest BCUT2D eigenvalue weighted by molar-refractivity contribution is 5.90. The van der Waals surface area contributed by atoms with Crippen LogP contribution < -0.4 is 0 Å². The van der Waals surface area contributed by atoms with Crippen molar-refractivity contribution >= 4 is 16.7 Å². The second kappa shape index (κ2) is 4.74. The summed E-state index contributed by atoms with van der Waals surface area (Å²) in [6, 6.07) is 11.9. The molecule has 0 atom stereocenters. The third-order valence-corrected chi connectivity index (χ3v) is 4.06. The fourth-order valence-corrected chi connectivity index (χ4v) is 2.63. The summed E-state index contributed by atoms with van der Waals surface area (Å²) in [4.78, 5) is 16.9. The standard InChI is InChI=1S/C16H17NO2/c1-19-16(9-4-10-16)15(18)11-13-8-7-12-5-2-3-6-14(12)17-13/h2-3,5-8H,4,9-11H2,1H3. The van der Waals surface area contributed by atoms with Crippen molar-refractivity contribution in [1.29, 1.82) is 0 Å². The lowest BCUT2D eigenvalue weighted by Gasteiger charge is -2.38. The Morgan fingerprint density at radius 3 is 2.74 bits per heavy atom. The molecule has 98 valence electrons. The van der Waals surface area contributed by atoms with Gasteiger partial charge in [0.1, 0.15) is 5.60 Å². The molecule has 1 aliphatic carbocycles. The van der Waals surface area contributed by atoms with Crippen LogP contribution in [0.1, 0.15) is 25.0 Å². The highest BCUT2D eigenvalue weighted by Crippen LogP contribution is 2.36. The summed E-state index contributed by atoms with van der Waals surface area (Å²) in [6.45, 7) is 0. The molecule has 0 saturated heterocycles. The molecule has 3 rings (SSSR count). The Labute approximate surface area is 112 Å². The Kier molecular flexibility index (Phi) is 3.07. The van der Waals surface area contributed by atoms with Gasteiger partial charge in [0.15, 0.2) is 5.78 Å². The Hall–Kier alpha value is -1.74. The number of aromatic nitrogens is 1. The number of carbonyl (C=O) groups excluding carboxylic acids is 1. The molecule has 3 nitrogen and oxygen atoms in total. The van der Waals surface area contributed by atoms with E-state index in [9.17, 15) is 4.79 Å². The normalized spacial score (nSPS) is 17.1. The first kappa shape index (κ1) is 12.3. The van der Waals surface area contributed by atoms with Gasteiger partial charge in [-0.1, -0.05) is 24.3 Å². The molecule has 0 N–H and O–H groups in total. The average Bonchev–Trinajstić information content (AvgIpc) is 2.38. The number of Topliss-reactive ketones (excluding diaryl/α,β-unsaturated/α-hetero) is 1. The molecule has 1 aromatic carbocycles. The topological polar surface area (TPSA) is 39.2 Å². The van der Waals surface area contributed by atoms with Crippen LogP contribution >= 0.6 is 0 Å². The SMILES string of the molecule is COC1(C(=O)Cc2ccc3ccccc3n2)CCC1. The van der Waals surface area contributed by atoms with Crippen molar-refractivity contribution in [3.63, 3.8) is 0 Å². The van der Waals surface area contributed by atoms with E-state index in [0.717, 1.165) is 35.9 Å². The number of pyridine rings is 1. The van der Waals surface area contributed by atoms with Gasteiger partial charge in [0, 0.05) is 18.2 Å². The maximum atomic E-state index is 12.3. The largest absolute Gasteiger partial charge is 0.370 e. The molecule has 3 heteroatoms. The number of para-hydroxylation sites is 1. The second-order valence-electron chi connectivity index (χ2n) is 5.15. The number of nitrogens with zero attached hydrogens (tertiary/aromatic N) is 1. The molecule has 19 heavy (non-hydrogen) atoms. The van der Waals surface area contributed by atoms with Gasteiger partial charge in [-0.05, 0) is 31.4 Å². The Balaban J connectivity index is 1.83. The molecule has 1 heterocycles. The summed E-state index contributed by atoms with van der Waals surface area (Å²) < 4.78 is 5.42. The van der Waals surface area contributed by atoms with E-state index in [1.165, 1.54) is 0 Å². The van der Waals surface area contributed by atoms with E-state index < -0.39 is 5.60 Å². The van der Waals surface area contributed by atoms with Crippen LogP contribution in [0, 0.1) is 0 Å². The van der Waals surface area contributed by atoms with E-state index in [0.29, 0.717) is 6.42 Å². The molecule has 2 aromatic rings. The van der Waals surface area contributed by atoms with E-state index in [-0.39, 0.29) is 5.78 Å². The lowest BCUT2D eigenvalue weighted by molar-refractivity contribution is -0.151. The monoisotopic (exact) mass is 255 g/mol. The number of fused-ring (bicyclic) bond motifs is 1. The van der Waals surface area contributed by atoms with E-state index in [1.807, 2.05) is 36.4 Å². The van der Waals surface area contributed by atoms with E-state index in [1.54, 1.807) is 7.11 Å². The quantitative estimate of drug-likeness (QED) is 0.843. The molecule has 0 radical (unpaired) electrons. The number of hydrogen-bond donors (Lipinski definition) is 0. The average molecular weight is 255 g/mol. The Morgan fingerprint density at radius 1 is 1.26 bits per heavy atom. The molecule has 0 amide bonds. The predicted octanol–water partition coefficient (Wildman–Crippen LogP) is 2.92. The fraction of sp³-hybridized carbons (Fsp3) is 0.375. The number of ketones is 1. The van der Waals surface area contributed by atoms with Crippen molar-refractivity contribution in [2.75, 3.05) is 7.11 Å². The summed E-state index contributed by atoms with van der Waals surface area (Å²) in [7, 11) is 1.63. The summed E-state index contributed by atoms with van der Waals surface area (Å²) in [5.74, 6) is 0.157. The molecular formula is C16H17NO2. The van der Waals surface area contributed by atoms with Crippen LogP contribution in [-0.4, -0.2) is 23.5 Å². The molecule has 0 bridgehead atoms. The van der Waals surface area contributed by atoms with Crippen molar-refractivity contribution in [2.45, 2.75) is 31.3 Å². The van der Waals surface area contributed by atoms with Gasteiger partial charge in [-0.2, -0.15) is 0 Å². The van der Waals surface area contributed by atoms with Crippen LogP contribution in [0.2, 0.25) is 0 Å². The zero-order valence-electron chi connectivity index (χ0n) is 11.1. The minimum absolute atomic E-state index is 0.157. The molecule has 1 aliphatic rings. The zero-order valence-corrected chi connectivity index (χ0v) is 11.1. The lowest BCUT2D eigenvalue weighted by atomic mass is 9.75. The van der Waals surface area contributed by atoms with E-state index in [4.69, 9.17) is 4.74 Å². The van der Waals surface area contributed by atoms with Gasteiger partial charge < -0.3 is 4.74 Å². The molecular weight excluding hydrogens is 238 g/mol. The van der Waals surface area contributed by atoms with Crippen molar-refractivity contribution in [2.24, 2.45) is 0 Å². The van der Waals surface area contributed by atoms with E-state index >= 15 is 0 Å². The van der Waals surface area contributed by atoms with Crippen LogP contribution in [0.5, 0.6) is 0 Å². The van der Waals surface area contributed by atoms with Crippen molar-refractivity contribution in [1.82, 2.24) is 4.98 Å². The summed E-state index contributed by atoms with van der Waals surface area (Å²) in [5.41, 5.74) is 1.23. The first-order valence-electron chi connectivity index (χ1n) is 6.67. The first-order chi connectivity index (χ1) is 9.23. The highest BCUT2D eigenvalue weighted by atomic mass is 16.5. The van der Waals surface area contributed by atoms with Crippen molar-refractivity contribution in [3.8, 4) is 0 Å². The smallest absolute Gasteiger partial charge is 0.170 e. The molecule has 1 saturated carbocycles. The number of carbonyl (C=O) groups is 1. The first-order valence-corrected chi connectivity index (χ1v) is 6.67. The lowest BCUT2D eigenvalue weighted by Crippen LogP contribution is -2.47. The second-order valence-corrected chi connectivity index (χ2v) is 5.15. The van der Waals surface area contributed by atoms with Crippen LogP contribution in [0.4, 0.5) is 0 Å². The van der Waals surface area contributed by atoms with Crippen LogP contribution in [0.15, 0.2) is 36.4 Å². The Morgan fingerprint density at radius 2 is 2.05 bits per heavy atom. The predicted molar refractivity (Wildman–Crippen MR) is 74.0 cm³/mol. The maximum Gasteiger partial charge on any atom is 0.170 e. The van der Waals surface area contributed by atoms with Gasteiger partial charge in [0.25, 0.3) is 0 Å². The van der Waals surface area contributed by atoms with Crippen molar-refractivity contribution < 1.29 is 9.53 Å². The summed E-state index contributed by atoms with van der Waals surface area (Å²) in [6.07, 6.45) is 3.12. The third kappa shape index (κ3) is 2.15. The fourth-order valence-electron chi connectivity index (χ4n) is 2.63. The van der Waals surface area contributed by atoms with Gasteiger partial charge in [-0.3, -0.25) is 9.78 Å². The van der Waals surface area contributed by atoms with E-state index in [2.05, 4.69) is 4.98 Å². The molecule has 0 unspecified atom stereocenters. The van der Waals surface area contributed by atoms with Crippen LogP contribution in [0.25, 0.3) is 10.9 Å². The van der Waals surface area contributed by atoms with Gasteiger partial charge in [-0.25, -0.2) is 0 Å². The molecule has 1 fully saturated rings. The Bertz CT molecular complexity index is 611. The van der Waals surface area contributed by atoms with Gasteiger partial charge in [-0.15, -0.1) is 0 Å². The molecule has 0 aliphatic heterocycles. The highest BCUT2D eigenvalue weighted by Gasteiger charge is 2.43. The number of benzene rings is 1. The van der Waals surface area contributed by atoms with Crippen LogP contribution in [0.3, 0.4) is 0 Å². The number of methoxy groups -OCH3 is 1. The minimum Gasteiger partial charge on any atom is -0.370 e.